The van der Waals surface area contributed by atoms with E-state index in [0.29, 0.717) is 35.6 Å². The number of carbonyl (C=O) groups excluding carboxylic acids is 1. The molecule has 0 unspecified atom stereocenters. The van der Waals surface area contributed by atoms with Gasteiger partial charge in [0.25, 0.3) is 5.91 Å². The van der Waals surface area contributed by atoms with Crippen LogP contribution in [0.3, 0.4) is 0 Å². The zero-order valence-electron chi connectivity index (χ0n) is 22.2. The van der Waals surface area contributed by atoms with Crippen molar-refractivity contribution in [3.63, 3.8) is 0 Å². The molecule has 2 N–H and O–H groups in total. The van der Waals surface area contributed by atoms with Gasteiger partial charge in [-0.3, -0.25) is 14.0 Å². The van der Waals surface area contributed by atoms with E-state index in [1.165, 1.54) is 12.8 Å². The van der Waals surface area contributed by atoms with Crippen molar-refractivity contribution in [1.82, 2.24) is 24.2 Å². The molecular formula is C30H32N6O3. The van der Waals surface area contributed by atoms with Gasteiger partial charge in [-0.15, -0.1) is 0 Å². The number of carbonyl (C=O) groups is 1. The lowest BCUT2D eigenvalue weighted by atomic mass is 10.1. The molecule has 6 rings (SSSR count). The first-order chi connectivity index (χ1) is 19.0. The number of amides is 1. The first-order valence-electron chi connectivity index (χ1n) is 13.4. The summed E-state index contributed by atoms with van der Waals surface area (Å²) in [7, 11) is 3.53. The summed E-state index contributed by atoms with van der Waals surface area (Å²) in [5.74, 6) is 1.06. The first kappa shape index (κ1) is 24.9. The molecule has 0 saturated carbocycles. The average Bonchev–Trinajstić information content (AvgIpc) is 3.59. The van der Waals surface area contributed by atoms with E-state index in [0.717, 1.165) is 42.0 Å². The number of fused-ring (bicyclic) bond motifs is 5. The summed E-state index contributed by atoms with van der Waals surface area (Å²) in [5.41, 5.74) is 3.70. The third-order valence-electron chi connectivity index (χ3n) is 7.54. The van der Waals surface area contributed by atoms with Gasteiger partial charge in [0, 0.05) is 26.7 Å². The van der Waals surface area contributed by atoms with Crippen molar-refractivity contribution in [1.29, 1.82) is 0 Å². The smallest absolute Gasteiger partial charge is 0.259 e. The van der Waals surface area contributed by atoms with Crippen LogP contribution >= 0.6 is 0 Å². The van der Waals surface area contributed by atoms with E-state index in [1.807, 2.05) is 64.5 Å². The minimum Gasteiger partial charge on any atom is -0.497 e. The molecule has 0 atom stereocenters. The number of hydrogen-bond acceptors (Lipinski definition) is 6. The summed E-state index contributed by atoms with van der Waals surface area (Å²) in [6.07, 6.45) is 2.39. The predicted molar refractivity (Wildman–Crippen MR) is 154 cm³/mol. The number of nitrogens with one attached hydrogen (secondary N) is 2. The van der Waals surface area contributed by atoms with Crippen LogP contribution in [0.2, 0.25) is 0 Å². The summed E-state index contributed by atoms with van der Waals surface area (Å²) < 4.78 is 9.17. The number of hydrogen-bond donors (Lipinski definition) is 2. The molecule has 0 aliphatic carbocycles. The molecule has 1 aliphatic rings. The van der Waals surface area contributed by atoms with Gasteiger partial charge in [-0.25, -0.2) is 4.98 Å². The van der Waals surface area contributed by atoms with Gasteiger partial charge in [-0.1, -0.05) is 24.3 Å². The van der Waals surface area contributed by atoms with Crippen LogP contribution in [0.4, 0.5) is 5.82 Å². The predicted octanol–water partition coefficient (Wildman–Crippen LogP) is 3.79. The van der Waals surface area contributed by atoms with Crippen LogP contribution < -0.4 is 20.8 Å². The van der Waals surface area contributed by atoms with Crippen molar-refractivity contribution in [2.75, 3.05) is 38.6 Å². The fourth-order valence-corrected chi connectivity index (χ4v) is 5.54. The summed E-state index contributed by atoms with van der Waals surface area (Å²) in [6, 6.07) is 19.2. The molecule has 2 aromatic carbocycles. The highest BCUT2D eigenvalue weighted by Gasteiger charge is 2.24. The maximum atomic E-state index is 13.8. The van der Waals surface area contributed by atoms with Crippen molar-refractivity contribution in [2.45, 2.75) is 19.4 Å². The van der Waals surface area contributed by atoms with Crippen LogP contribution in [0, 0.1) is 0 Å². The average molecular weight is 525 g/mol. The number of nitrogens with zero attached hydrogens (tertiary/aromatic N) is 4. The highest BCUT2D eigenvalue weighted by atomic mass is 16.5. The van der Waals surface area contributed by atoms with Crippen LogP contribution in [0.5, 0.6) is 5.75 Å². The number of aromatic nitrogens is 3. The number of ether oxygens (including phenoxy) is 1. The van der Waals surface area contributed by atoms with E-state index in [9.17, 15) is 9.59 Å². The number of rotatable bonds is 8. The Kier molecular flexibility index (Phi) is 6.66. The Labute approximate surface area is 226 Å². The zero-order valence-corrected chi connectivity index (χ0v) is 22.2. The van der Waals surface area contributed by atoms with Crippen LogP contribution in [0.1, 0.15) is 28.8 Å². The van der Waals surface area contributed by atoms with Gasteiger partial charge in [-0.2, -0.15) is 0 Å². The number of anilines is 1. The topological polar surface area (TPSA) is 92.9 Å². The van der Waals surface area contributed by atoms with E-state index in [1.54, 1.807) is 19.2 Å². The quantitative estimate of drug-likeness (QED) is 0.321. The lowest BCUT2D eigenvalue weighted by molar-refractivity contribution is 0.0950. The first-order valence-corrected chi connectivity index (χ1v) is 13.4. The normalized spacial score (nSPS) is 13.9. The van der Waals surface area contributed by atoms with E-state index >= 15 is 0 Å². The van der Waals surface area contributed by atoms with E-state index in [-0.39, 0.29) is 16.9 Å². The third-order valence-corrected chi connectivity index (χ3v) is 7.54. The van der Waals surface area contributed by atoms with Crippen LogP contribution in [-0.2, 0) is 13.6 Å². The molecular weight excluding hydrogens is 492 g/mol. The second kappa shape index (κ2) is 10.4. The Morgan fingerprint density at radius 1 is 1.03 bits per heavy atom. The van der Waals surface area contributed by atoms with Gasteiger partial charge >= 0.3 is 0 Å². The second-order valence-electron chi connectivity index (χ2n) is 9.99. The van der Waals surface area contributed by atoms with Crippen LogP contribution in [0.25, 0.3) is 27.7 Å². The van der Waals surface area contributed by atoms with E-state index < -0.39 is 0 Å². The number of imidazole rings is 1. The summed E-state index contributed by atoms with van der Waals surface area (Å²) in [4.78, 5) is 34.5. The van der Waals surface area contributed by atoms with E-state index in [4.69, 9.17) is 9.72 Å². The molecule has 0 spiro atoms. The monoisotopic (exact) mass is 524 g/mol. The Hall–Kier alpha value is -4.37. The maximum absolute atomic E-state index is 13.8. The molecule has 9 heteroatoms. The lowest BCUT2D eigenvalue weighted by Crippen LogP contribution is -2.36. The standard InChI is InChI=1S/C30H32N6O3/c1-34-23-10-3-4-11-24(23)36-28-22(12-13-25(33-28)32-19-20-8-7-9-21(18-20)39-2)27(37)26(30(34)36)29(38)31-14-17-35-15-5-6-16-35/h3-4,7-13,18H,5-6,14-17,19H2,1-2H3,(H,31,38)(H,32,33). The van der Waals surface area contributed by atoms with Gasteiger partial charge in [0.15, 0.2) is 5.65 Å². The van der Waals surface area contributed by atoms with E-state index in [2.05, 4.69) is 15.5 Å². The number of pyridine rings is 2. The molecule has 39 heavy (non-hydrogen) atoms. The molecule has 1 saturated heterocycles. The number of benzene rings is 2. The molecule has 1 fully saturated rings. The third kappa shape index (κ3) is 4.59. The molecule has 0 radical (unpaired) electrons. The lowest BCUT2D eigenvalue weighted by Gasteiger charge is -2.15. The summed E-state index contributed by atoms with van der Waals surface area (Å²) >= 11 is 0. The molecule has 200 valence electrons. The van der Waals surface area contributed by atoms with Gasteiger partial charge in [0.2, 0.25) is 5.43 Å². The number of methoxy groups -OCH3 is 1. The largest absolute Gasteiger partial charge is 0.497 e. The molecule has 0 bridgehead atoms. The Balaban J connectivity index is 1.42. The minimum absolute atomic E-state index is 0.140. The minimum atomic E-state index is -0.357. The van der Waals surface area contributed by atoms with Crippen molar-refractivity contribution in [3.8, 4) is 5.75 Å². The van der Waals surface area contributed by atoms with Crippen molar-refractivity contribution >= 4 is 39.4 Å². The van der Waals surface area contributed by atoms with Crippen molar-refractivity contribution < 1.29 is 9.53 Å². The van der Waals surface area contributed by atoms with Crippen molar-refractivity contribution in [3.05, 3.63) is 82.0 Å². The highest BCUT2D eigenvalue weighted by molar-refractivity contribution is 6.05. The Morgan fingerprint density at radius 3 is 2.62 bits per heavy atom. The number of aryl methyl sites for hydroxylation is 1. The van der Waals surface area contributed by atoms with Crippen molar-refractivity contribution in [2.24, 2.45) is 7.05 Å². The molecule has 1 amide bonds. The fourth-order valence-electron chi connectivity index (χ4n) is 5.54. The highest BCUT2D eigenvalue weighted by Crippen LogP contribution is 2.26. The van der Waals surface area contributed by atoms with Gasteiger partial charge in [-0.05, 0) is 67.9 Å². The number of likely N-dealkylation sites (tertiary alicyclic amines) is 1. The molecule has 4 heterocycles. The summed E-state index contributed by atoms with van der Waals surface area (Å²) in [6.45, 7) is 3.94. The molecule has 3 aromatic heterocycles. The summed E-state index contributed by atoms with van der Waals surface area (Å²) in [5, 5.41) is 6.77. The van der Waals surface area contributed by atoms with Gasteiger partial charge in [0.05, 0.1) is 23.5 Å². The number of para-hydroxylation sites is 2. The molecule has 1 aliphatic heterocycles. The van der Waals surface area contributed by atoms with Crippen LogP contribution in [0.15, 0.2) is 65.5 Å². The van der Waals surface area contributed by atoms with Crippen LogP contribution in [-0.4, -0.2) is 58.0 Å². The molecule has 5 aromatic rings. The Morgan fingerprint density at radius 2 is 1.82 bits per heavy atom. The SMILES string of the molecule is COc1cccc(CNc2ccc3c(=O)c(C(=O)NCCN4CCCC4)c4n(C)c5ccccc5n4c3n2)c1. The maximum Gasteiger partial charge on any atom is 0.259 e. The zero-order chi connectivity index (χ0) is 26.9. The van der Waals surface area contributed by atoms with Gasteiger partial charge in [0.1, 0.15) is 22.8 Å². The van der Waals surface area contributed by atoms with Gasteiger partial charge < -0.3 is 24.8 Å². The molecule has 9 nitrogen and oxygen atoms in total. The fraction of sp³-hybridized carbons (Fsp3) is 0.300. The second-order valence-corrected chi connectivity index (χ2v) is 9.99. The Bertz CT molecular complexity index is 1750.